The first-order chi connectivity index (χ1) is 17.2. The smallest absolute Gasteiger partial charge is 0.322 e. The third-order valence-corrected chi connectivity index (χ3v) is 7.91. The van der Waals surface area contributed by atoms with Crippen molar-refractivity contribution in [3.05, 3.63) is 77.1 Å². The number of aliphatic carboxylic acids is 1. The van der Waals surface area contributed by atoms with Crippen LogP contribution >= 0.6 is 0 Å². The van der Waals surface area contributed by atoms with Crippen molar-refractivity contribution < 1.29 is 27.8 Å². The molecule has 0 amide bonds. The first-order valence-corrected chi connectivity index (χ1v) is 12.4. The standard InChI is InChI=1S/C25H23N3O7S/c1-34-18-7-3-16(4-8-18)17-5-10-20(11-6-17)36(32,33)23(25(30)31)13-14-28-24(29)21-12-9-19(35-2)15-22(21)26-27-28/h3-12,15,23H,13-14H2,1-2H3,(H,30,31). The van der Waals surface area contributed by atoms with Crippen LogP contribution in [0.1, 0.15) is 6.42 Å². The Hall–Kier alpha value is -4.25. The van der Waals surface area contributed by atoms with Crippen molar-refractivity contribution in [1.29, 1.82) is 0 Å². The number of ether oxygens (including phenoxy) is 2. The van der Waals surface area contributed by atoms with E-state index in [0.29, 0.717) is 17.0 Å². The maximum atomic E-state index is 13.2. The molecule has 0 aliphatic heterocycles. The lowest BCUT2D eigenvalue weighted by molar-refractivity contribution is -0.136. The van der Waals surface area contributed by atoms with E-state index in [1.165, 1.54) is 25.3 Å². The van der Waals surface area contributed by atoms with Crippen LogP contribution in [0.2, 0.25) is 0 Å². The molecular formula is C25H23N3O7S. The maximum absolute atomic E-state index is 13.2. The monoisotopic (exact) mass is 509 g/mol. The van der Waals surface area contributed by atoms with Crippen molar-refractivity contribution in [1.82, 2.24) is 15.0 Å². The summed E-state index contributed by atoms with van der Waals surface area (Å²) in [4.78, 5) is 24.6. The minimum atomic E-state index is -4.24. The van der Waals surface area contributed by atoms with Gasteiger partial charge in [0.05, 0.1) is 24.5 Å². The topological polar surface area (TPSA) is 138 Å². The van der Waals surface area contributed by atoms with E-state index in [-0.39, 0.29) is 23.2 Å². The highest BCUT2D eigenvalue weighted by molar-refractivity contribution is 7.92. The molecule has 0 bridgehead atoms. The van der Waals surface area contributed by atoms with E-state index < -0.39 is 26.6 Å². The van der Waals surface area contributed by atoms with Gasteiger partial charge in [-0.1, -0.05) is 29.5 Å². The Balaban J connectivity index is 1.56. The molecule has 11 heteroatoms. The molecule has 1 unspecified atom stereocenters. The Labute approximate surface area is 206 Å². The Morgan fingerprint density at radius 3 is 2.11 bits per heavy atom. The third kappa shape index (κ3) is 4.91. The zero-order chi connectivity index (χ0) is 25.9. The van der Waals surface area contributed by atoms with Gasteiger partial charge in [0.1, 0.15) is 17.0 Å². The molecule has 1 N–H and O–H groups in total. The van der Waals surface area contributed by atoms with Crippen LogP contribution in [0.4, 0.5) is 0 Å². The summed E-state index contributed by atoms with van der Waals surface area (Å²) in [6.07, 6.45) is -0.367. The molecule has 1 atom stereocenters. The maximum Gasteiger partial charge on any atom is 0.322 e. The Bertz CT molecular complexity index is 1560. The largest absolute Gasteiger partial charge is 0.497 e. The Kier molecular flexibility index (Phi) is 7.02. The molecule has 0 aliphatic carbocycles. The molecule has 1 heterocycles. The fourth-order valence-corrected chi connectivity index (χ4v) is 5.29. The molecule has 0 fully saturated rings. The van der Waals surface area contributed by atoms with E-state index in [1.807, 2.05) is 12.1 Å². The zero-order valence-corrected chi connectivity index (χ0v) is 20.3. The highest BCUT2D eigenvalue weighted by Gasteiger charge is 2.34. The van der Waals surface area contributed by atoms with Gasteiger partial charge < -0.3 is 14.6 Å². The molecule has 3 aromatic carbocycles. The van der Waals surface area contributed by atoms with Crippen LogP contribution in [0.5, 0.6) is 11.5 Å². The SMILES string of the molecule is COc1ccc(-c2ccc(S(=O)(=O)C(CCn3nnc4cc(OC)ccc4c3=O)C(=O)O)cc2)cc1. The minimum Gasteiger partial charge on any atom is -0.497 e. The summed E-state index contributed by atoms with van der Waals surface area (Å²) in [6, 6.07) is 17.9. The molecule has 186 valence electrons. The molecular weight excluding hydrogens is 486 g/mol. The van der Waals surface area contributed by atoms with Gasteiger partial charge in [0, 0.05) is 12.6 Å². The van der Waals surface area contributed by atoms with Crippen molar-refractivity contribution in [3.8, 4) is 22.6 Å². The van der Waals surface area contributed by atoms with Gasteiger partial charge >= 0.3 is 5.97 Å². The molecule has 4 aromatic rings. The van der Waals surface area contributed by atoms with Crippen molar-refractivity contribution in [2.45, 2.75) is 23.1 Å². The van der Waals surface area contributed by atoms with Crippen LogP contribution in [0.3, 0.4) is 0 Å². The predicted molar refractivity (Wildman–Crippen MR) is 132 cm³/mol. The van der Waals surface area contributed by atoms with Crippen molar-refractivity contribution in [2.75, 3.05) is 14.2 Å². The molecule has 36 heavy (non-hydrogen) atoms. The number of nitrogens with zero attached hydrogens (tertiary/aromatic N) is 3. The zero-order valence-electron chi connectivity index (χ0n) is 19.5. The summed E-state index contributed by atoms with van der Waals surface area (Å²) in [5.41, 5.74) is 1.42. The van der Waals surface area contributed by atoms with Gasteiger partial charge in [-0.2, -0.15) is 0 Å². The van der Waals surface area contributed by atoms with Crippen LogP contribution in [0, 0.1) is 0 Å². The molecule has 0 spiro atoms. The number of rotatable bonds is 9. The van der Waals surface area contributed by atoms with Crippen LogP contribution in [0.15, 0.2) is 76.4 Å². The Morgan fingerprint density at radius 1 is 0.944 bits per heavy atom. The number of sulfone groups is 1. The quantitative estimate of drug-likeness (QED) is 0.361. The van der Waals surface area contributed by atoms with Gasteiger partial charge in [-0.05, 0) is 53.9 Å². The van der Waals surface area contributed by atoms with Gasteiger partial charge in [0.15, 0.2) is 15.1 Å². The summed E-state index contributed by atoms with van der Waals surface area (Å²) in [5, 5.41) is 16.0. The molecule has 0 saturated carbocycles. The molecule has 0 radical (unpaired) electrons. The lowest BCUT2D eigenvalue weighted by atomic mass is 10.1. The van der Waals surface area contributed by atoms with E-state index in [4.69, 9.17) is 9.47 Å². The summed E-state index contributed by atoms with van der Waals surface area (Å²) >= 11 is 0. The molecule has 0 aliphatic rings. The number of aromatic nitrogens is 3. The number of hydrogen-bond acceptors (Lipinski definition) is 8. The predicted octanol–water partition coefficient (Wildman–Crippen LogP) is 2.79. The number of aryl methyl sites for hydroxylation is 1. The Morgan fingerprint density at radius 2 is 1.53 bits per heavy atom. The average Bonchev–Trinajstić information content (AvgIpc) is 2.89. The van der Waals surface area contributed by atoms with E-state index in [1.54, 1.807) is 43.5 Å². The first kappa shape index (κ1) is 24.9. The second-order valence-electron chi connectivity index (χ2n) is 7.91. The summed E-state index contributed by atoms with van der Waals surface area (Å²) in [6.45, 7) is -0.242. The van der Waals surface area contributed by atoms with E-state index in [2.05, 4.69) is 10.3 Å². The number of benzene rings is 3. The highest BCUT2D eigenvalue weighted by Crippen LogP contribution is 2.26. The first-order valence-electron chi connectivity index (χ1n) is 10.9. The van der Waals surface area contributed by atoms with Crippen LogP contribution < -0.4 is 15.0 Å². The van der Waals surface area contributed by atoms with Crippen molar-refractivity contribution >= 4 is 26.7 Å². The van der Waals surface area contributed by atoms with Crippen molar-refractivity contribution in [3.63, 3.8) is 0 Å². The van der Waals surface area contributed by atoms with Gasteiger partial charge in [0.2, 0.25) is 0 Å². The number of carboxylic acids is 1. The number of methoxy groups -OCH3 is 2. The molecule has 1 aromatic heterocycles. The van der Waals surface area contributed by atoms with Crippen LogP contribution in [-0.4, -0.2) is 54.0 Å². The number of fused-ring (bicyclic) bond motifs is 1. The van der Waals surface area contributed by atoms with Crippen LogP contribution in [-0.2, 0) is 21.2 Å². The second-order valence-corrected chi connectivity index (χ2v) is 10.0. The summed E-state index contributed by atoms with van der Waals surface area (Å²) < 4.78 is 37.5. The lowest BCUT2D eigenvalue weighted by Gasteiger charge is -2.14. The molecule has 0 saturated heterocycles. The third-order valence-electron chi connectivity index (χ3n) is 5.79. The highest BCUT2D eigenvalue weighted by atomic mass is 32.2. The fourth-order valence-electron chi connectivity index (χ4n) is 3.77. The average molecular weight is 510 g/mol. The second kappa shape index (κ2) is 10.2. The molecule has 10 nitrogen and oxygen atoms in total. The van der Waals surface area contributed by atoms with Gasteiger partial charge in [-0.3, -0.25) is 9.59 Å². The minimum absolute atomic E-state index is 0.129. The fraction of sp³-hybridized carbons (Fsp3) is 0.200. The molecule has 4 rings (SSSR count). The normalized spacial score (nSPS) is 12.3. The van der Waals surface area contributed by atoms with E-state index >= 15 is 0 Å². The van der Waals surface area contributed by atoms with E-state index in [0.717, 1.165) is 15.8 Å². The number of carbonyl (C=O) groups is 1. The van der Waals surface area contributed by atoms with Gasteiger partial charge in [-0.25, -0.2) is 13.1 Å². The number of hydrogen-bond donors (Lipinski definition) is 1. The summed E-state index contributed by atoms with van der Waals surface area (Å²) in [5.74, 6) is -0.318. The summed E-state index contributed by atoms with van der Waals surface area (Å²) in [7, 11) is -1.20. The van der Waals surface area contributed by atoms with Crippen molar-refractivity contribution in [2.24, 2.45) is 0 Å². The van der Waals surface area contributed by atoms with Gasteiger partial charge in [-0.15, -0.1) is 5.10 Å². The lowest BCUT2D eigenvalue weighted by Crippen LogP contribution is -2.34. The van der Waals surface area contributed by atoms with Gasteiger partial charge in [0.25, 0.3) is 5.56 Å². The van der Waals surface area contributed by atoms with E-state index in [9.17, 15) is 23.1 Å². The number of carboxylic acid groups (broad SMARTS) is 1. The van der Waals surface area contributed by atoms with Crippen LogP contribution in [0.25, 0.3) is 22.0 Å².